The highest BCUT2D eigenvalue weighted by Gasteiger charge is 2.04. The van der Waals surface area contributed by atoms with Gasteiger partial charge < -0.3 is 9.90 Å². The summed E-state index contributed by atoms with van der Waals surface area (Å²) >= 11 is 1.55. The van der Waals surface area contributed by atoms with Crippen LogP contribution in [-0.4, -0.2) is 16.4 Å². The fourth-order valence-electron chi connectivity index (χ4n) is 1.37. The van der Waals surface area contributed by atoms with Gasteiger partial charge in [0.15, 0.2) is 0 Å². The number of phenols is 1. The van der Waals surface area contributed by atoms with Gasteiger partial charge in [-0.25, -0.2) is 4.98 Å². The molecule has 2 aromatic rings. The lowest BCUT2D eigenvalue weighted by Crippen LogP contribution is -1.86. The molecule has 2 rings (SSSR count). The first-order valence-corrected chi connectivity index (χ1v) is 5.85. The number of aromatic hydroxyl groups is 1. The fraction of sp³-hybridized carbons (Fsp3) is 0.167. The molecule has 1 N–H and O–H groups in total. The topological polar surface area (TPSA) is 50.2 Å². The normalized spacial score (nSPS) is 10.2. The number of thiazole rings is 1. The summed E-state index contributed by atoms with van der Waals surface area (Å²) < 4.78 is 0. The minimum atomic E-state index is 0.251. The zero-order valence-electron chi connectivity index (χ0n) is 8.59. The van der Waals surface area contributed by atoms with Gasteiger partial charge >= 0.3 is 0 Å². The highest BCUT2D eigenvalue weighted by molar-refractivity contribution is 7.13. The molecule has 16 heavy (non-hydrogen) atoms. The Morgan fingerprint density at radius 3 is 2.75 bits per heavy atom. The number of phenolic OH excluding ortho intramolecular Hbond substituents is 1. The van der Waals surface area contributed by atoms with Gasteiger partial charge in [0.25, 0.3) is 0 Å². The summed E-state index contributed by atoms with van der Waals surface area (Å²) in [7, 11) is 0. The van der Waals surface area contributed by atoms with Crippen LogP contribution in [0.15, 0.2) is 29.6 Å². The van der Waals surface area contributed by atoms with Crippen molar-refractivity contribution >= 4 is 17.6 Å². The monoisotopic (exact) mass is 233 g/mol. The summed E-state index contributed by atoms with van der Waals surface area (Å²) in [6, 6.07) is 6.94. The van der Waals surface area contributed by atoms with Crippen molar-refractivity contribution < 1.29 is 9.90 Å². The van der Waals surface area contributed by atoms with Crippen LogP contribution < -0.4 is 0 Å². The van der Waals surface area contributed by atoms with Gasteiger partial charge in [-0.05, 0) is 30.7 Å². The molecule has 3 nitrogen and oxygen atoms in total. The maximum Gasteiger partial charge on any atom is 0.123 e. The van der Waals surface area contributed by atoms with E-state index in [1.165, 1.54) is 0 Å². The third-order valence-electron chi connectivity index (χ3n) is 2.18. The number of aryl methyl sites for hydroxylation is 1. The van der Waals surface area contributed by atoms with Crippen LogP contribution in [0.2, 0.25) is 0 Å². The second-order valence-electron chi connectivity index (χ2n) is 3.40. The molecule has 82 valence electrons. The molecule has 0 saturated heterocycles. The molecule has 0 bridgehead atoms. The van der Waals surface area contributed by atoms with E-state index in [0.717, 1.165) is 22.6 Å². The molecule has 0 aliphatic carbocycles. The van der Waals surface area contributed by atoms with Crippen LogP contribution in [0.4, 0.5) is 0 Å². The second kappa shape index (κ2) is 4.90. The van der Waals surface area contributed by atoms with Crippen molar-refractivity contribution in [3.63, 3.8) is 0 Å². The Kier molecular flexibility index (Phi) is 3.31. The molecule has 0 saturated carbocycles. The minimum absolute atomic E-state index is 0.251. The maximum absolute atomic E-state index is 10.2. The van der Waals surface area contributed by atoms with Crippen LogP contribution >= 0.6 is 11.3 Å². The zero-order chi connectivity index (χ0) is 11.4. The van der Waals surface area contributed by atoms with Crippen molar-refractivity contribution in [2.24, 2.45) is 0 Å². The molecule has 1 aromatic carbocycles. The van der Waals surface area contributed by atoms with Gasteiger partial charge in [0.05, 0.1) is 5.69 Å². The zero-order valence-corrected chi connectivity index (χ0v) is 9.41. The number of rotatable bonds is 4. The molecule has 1 aromatic heterocycles. The number of carbonyl (C=O) groups is 1. The number of aldehydes is 1. The number of nitrogens with zero attached hydrogens (tertiary/aromatic N) is 1. The third kappa shape index (κ3) is 2.46. The van der Waals surface area contributed by atoms with Crippen LogP contribution in [-0.2, 0) is 11.2 Å². The van der Waals surface area contributed by atoms with E-state index in [1.54, 1.807) is 23.5 Å². The SMILES string of the molecule is O=CCCc1csc(-c2ccc(O)cc2)n1. The molecule has 0 spiro atoms. The fourth-order valence-corrected chi connectivity index (χ4v) is 2.23. The lowest BCUT2D eigenvalue weighted by Gasteiger charge is -1.96. The van der Waals surface area contributed by atoms with E-state index in [0.29, 0.717) is 12.8 Å². The number of hydrogen-bond donors (Lipinski definition) is 1. The first-order valence-electron chi connectivity index (χ1n) is 4.97. The summed E-state index contributed by atoms with van der Waals surface area (Å²) in [4.78, 5) is 14.7. The Balaban J connectivity index is 2.17. The molecular weight excluding hydrogens is 222 g/mol. The average molecular weight is 233 g/mol. The van der Waals surface area contributed by atoms with Crippen molar-refractivity contribution in [1.29, 1.82) is 0 Å². The largest absolute Gasteiger partial charge is 0.508 e. The molecule has 4 heteroatoms. The van der Waals surface area contributed by atoms with Crippen LogP contribution in [0.3, 0.4) is 0 Å². The average Bonchev–Trinajstić information content (AvgIpc) is 2.76. The van der Waals surface area contributed by atoms with E-state index < -0.39 is 0 Å². The Bertz CT molecular complexity index is 476. The Labute approximate surface area is 97.4 Å². The summed E-state index contributed by atoms with van der Waals surface area (Å²) in [5, 5.41) is 12.1. The highest BCUT2D eigenvalue weighted by atomic mass is 32.1. The Morgan fingerprint density at radius 1 is 1.31 bits per heavy atom. The molecule has 0 amide bonds. The van der Waals surface area contributed by atoms with E-state index >= 15 is 0 Å². The van der Waals surface area contributed by atoms with Gasteiger partial charge in [0, 0.05) is 17.4 Å². The lowest BCUT2D eigenvalue weighted by atomic mass is 10.2. The molecule has 0 radical (unpaired) electrons. The summed E-state index contributed by atoms with van der Waals surface area (Å²) in [6.07, 6.45) is 2.11. The number of carbonyl (C=O) groups excluding carboxylic acids is 1. The van der Waals surface area contributed by atoms with E-state index in [9.17, 15) is 4.79 Å². The lowest BCUT2D eigenvalue weighted by molar-refractivity contribution is -0.107. The van der Waals surface area contributed by atoms with E-state index in [1.807, 2.05) is 17.5 Å². The van der Waals surface area contributed by atoms with Crippen LogP contribution in [0, 0.1) is 0 Å². The van der Waals surface area contributed by atoms with E-state index in [2.05, 4.69) is 4.98 Å². The molecule has 0 aliphatic heterocycles. The van der Waals surface area contributed by atoms with Gasteiger partial charge in [-0.3, -0.25) is 0 Å². The molecule has 0 atom stereocenters. The van der Waals surface area contributed by atoms with Crippen molar-refractivity contribution in [1.82, 2.24) is 4.98 Å². The van der Waals surface area contributed by atoms with Crippen molar-refractivity contribution in [2.45, 2.75) is 12.8 Å². The van der Waals surface area contributed by atoms with Gasteiger partial charge in [0.2, 0.25) is 0 Å². The number of aromatic nitrogens is 1. The first-order chi connectivity index (χ1) is 7.79. The van der Waals surface area contributed by atoms with Crippen LogP contribution in [0.5, 0.6) is 5.75 Å². The van der Waals surface area contributed by atoms with Crippen molar-refractivity contribution in [2.75, 3.05) is 0 Å². The predicted octanol–water partition coefficient (Wildman–Crippen LogP) is 2.65. The van der Waals surface area contributed by atoms with Gasteiger partial charge in [-0.15, -0.1) is 11.3 Å². The Hall–Kier alpha value is -1.68. The van der Waals surface area contributed by atoms with Crippen LogP contribution in [0.1, 0.15) is 12.1 Å². The molecular formula is C12H11NO2S. The number of hydrogen-bond acceptors (Lipinski definition) is 4. The summed E-state index contributed by atoms with van der Waals surface area (Å²) in [5.41, 5.74) is 1.93. The van der Waals surface area contributed by atoms with E-state index in [4.69, 9.17) is 5.11 Å². The Morgan fingerprint density at radius 2 is 2.06 bits per heavy atom. The van der Waals surface area contributed by atoms with Gasteiger partial charge in [-0.1, -0.05) is 0 Å². The number of benzene rings is 1. The second-order valence-corrected chi connectivity index (χ2v) is 4.25. The highest BCUT2D eigenvalue weighted by Crippen LogP contribution is 2.25. The summed E-state index contributed by atoms with van der Waals surface area (Å²) in [6.45, 7) is 0. The van der Waals surface area contributed by atoms with Crippen LogP contribution in [0.25, 0.3) is 10.6 Å². The van der Waals surface area contributed by atoms with Crippen molar-refractivity contribution in [3.05, 3.63) is 35.3 Å². The molecule has 0 aliphatic rings. The van der Waals surface area contributed by atoms with E-state index in [-0.39, 0.29) is 5.75 Å². The predicted molar refractivity (Wildman–Crippen MR) is 63.6 cm³/mol. The maximum atomic E-state index is 10.2. The first kappa shape index (κ1) is 10.8. The quantitative estimate of drug-likeness (QED) is 0.826. The molecule has 0 fully saturated rings. The smallest absolute Gasteiger partial charge is 0.123 e. The third-order valence-corrected chi connectivity index (χ3v) is 3.12. The van der Waals surface area contributed by atoms with Gasteiger partial charge in [-0.2, -0.15) is 0 Å². The van der Waals surface area contributed by atoms with Crippen molar-refractivity contribution in [3.8, 4) is 16.3 Å². The molecule has 0 unspecified atom stereocenters. The molecule has 1 heterocycles. The minimum Gasteiger partial charge on any atom is -0.508 e. The standard InChI is InChI=1S/C12H11NO2S/c14-7-1-2-10-8-16-12(13-10)9-3-5-11(15)6-4-9/h3-8,15H,1-2H2. The summed E-state index contributed by atoms with van der Waals surface area (Å²) in [5.74, 6) is 0.251. The van der Waals surface area contributed by atoms with Gasteiger partial charge in [0.1, 0.15) is 17.0 Å².